The maximum atomic E-state index is 12.7. The number of allylic oxidation sites excluding steroid dienone is 4. The van der Waals surface area contributed by atoms with E-state index in [0.717, 1.165) is 47.9 Å². The Morgan fingerprint density at radius 2 is 1.42 bits per heavy atom. The SMILES string of the molecule is C/C=C\C=C(/C)CCCOC(=O)c1ccc2c(c1)C(Cl)c1cc(C(=O)OCCCc3ccccc3)ccc1-2. The highest BCUT2D eigenvalue weighted by molar-refractivity contribution is 6.25. The molecule has 1 atom stereocenters. The number of carbonyl (C=O) groups is 2. The smallest absolute Gasteiger partial charge is 0.338 e. The molecule has 0 N–H and O–H groups in total. The predicted octanol–water partition coefficient (Wildman–Crippen LogP) is 8.24. The Morgan fingerprint density at radius 3 is 2.00 bits per heavy atom. The Hall–Kier alpha value is -3.63. The first-order valence-corrected chi connectivity index (χ1v) is 13.5. The van der Waals surface area contributed by atoms with Gasteiger partial charge in [0.15, 0.2) is 0 Å². The van der Waals surface area contributed by atoms with Crippen LogP contribution in [-0.2, 0) is 15.9 Å². The van der Waals surface area contributed by atoms with E-state index in [1.807, 2.05) is 49.4 Å². The van der Waals surface area contributed by atoms with Gasteiger partial charge in [-0.1, -0.05) is 66.3 Å². The van der Waals surface area contributed by atoms with E-state index in [4.69, 9.17) is 21.1 Å². The van der Waals surface area contributed by atoms with Gasteiger partial charge in [0.05, 0.1) is 29.7 Å². The van der Waals surface area contributed by atoms with Crippen LogP contribution in [0.2, 0.25) is 0 Å². The van der Waals surface area contributed by atoms with E-state index in [-0.39, 0.29) is 11.9 Å². The van der Waals surface area contributed by atoms with E-state index in [2.05, 4.69) is 25.1 Å². The van der Waals surface area contributed by atoms with Gasteiger partial charge in [0, 0.05) is 0 Å². The lowest BCUT2D eigenvalue weighted by Crippen LogP contribution is -2.08. The summed E-state index contributed by atoms with van der Waals surface area (Å²) < 4.78 is 11.0. The molecule has 196 valence electrons. The average Bonchev–Trinajstić information content (AvgIpc) is 3.23. The van der Waals surface area contributed by atoms with Gasteiger partial charge < -0.3 is 9.47 Å². The molecule has 0 saturated carbocycles. The van der Waals surface area contributed by atoms with Gasteiger partial charge in [-0.15, -0.1) is 11.6 Å². The molecule has 0 fully saturated rings. The number of ether oxygens (including phenoxy) is 2. The van der Waals surface area contributed by atoms with Gasteiger partial charge >= 0.3 is 11.9 Å². The van der Waals surface area contributed by atoms with Crippen LogP contribution in [0, 0.1) is 0 Å². The monoisotopic (exact) mass is 528 g/mol. The maximum Gasteiger partial charge on any atom is 0.338 e. The quantitative estimate of drug-likeness (QED) is 0.109. The minimum Gasteiger partial charge on any atom is -0.462 e. The molecule has 38 heavy (non-hydrogen) atoms. The van der Waals surface area contributed by atoms with Crippen LogP contribution in [0.3, 0.4) is 0 Å². The summed E-state index contributed by atoms with van der Waals surface area (Å²) in [6.07, 6.45) is 9.32. The number of hydrogen-bond acceptors (Lipinski definition) is 4. The maximum absolute atomic E-state index is 12.7. The molecule has 3 aromatic rings. The average molecular weight is 529 g/mol. The van der Waals surface area contributed by atoms with E-state index < -0.39 is 5.38 Å². The van der Waals surface area contributed by atoms with Crippen LogP contribution in [-0.4, -0.2) is 25.2 Å². The van der Waals surface area contributed by atoms with Crippen LogP contribution in [0.4, 0.5) is 0 Å². The first kappa shape index (κ1) is 27.4. The van der Waals surface area contributed by atoms with E-state index >= 15 is 0 Å². The fraction of sp³-hybridized carbons (Fsp3) is 0.273. The lowest BCUT2D eigenvalue weighted by Gasteiger charge is -2.09. The number of fused-ring (bicyclic) bond motifs is 3. The number of carbonyl (C=O) groups excluding carboxylic acids is 2. The molecule has 0 heterocycles. The molecule has 1 unspecified atom stereocenters. The minimum atomic E-state index is -0.460. The fourth-order valence-corrected chi connectivity index (χ4v) is 4.93. The van der Waals surface area contributed by atoms with Crippen molar-refractivity contribution in [1.29, 1.82) is 0 Å². The van der Waals surface area contributed by atoms with Crippen molar-refractivity contribution in [3.05, 3.63) is 118 Å². The summed E-state index contributed by atoms with van der Waals surface area (Å²) in [5, 5.41) is -0.460. The van der Waals surface area contributed by atoms with Gasteiger partial charge in [-0.3, -0.25) is 0 Å². The number of hydrogen-bond donors (Lipinski definition) is 0. The summed E-state index contributed by atoms with van der Waals surface area (Å²) in [4.78, 5) is 25.3. The molecule has 0 saturated heterocycles. The molecular weight excluding hydrogens is 496 g/mol. The highest BCUT2D eigenvalue weighted by Crippen LogP contribution is 2.47. The Morgan fingerprint density at radius 1 is 0.842 bits per heavy atom. The number of rotatable bonds is 11. The fourth-order valence-electron chi connectivity index (χ4n) is 4.57. The van der Waals surface area contributed by atoms with Gasteiger partial charge in [-0.25, -0.2) is 9.59 Å². The minimum absolute atomic E-state index is 0.354. The van der Waals surface area contributed by atoms with E-state index in [1.165, 1.54) is 11.1 Å². The summed E-state index contributed by atoms with van der Waals surface area (Å²) in [7, 11) is 0. The number of halogens is 1. The normalized spacial score (nSPS) is 14.3. The Bertz CT molecular complexity index is 1340. The van der Waals surface area contributed by atoms with Crippen LogP contribution in [0.15, 0.2) is 90.5 Å². The van der Waals surface area contributed by atoms with Gasteiger partial charge in [-0.2, -0.15) is 0 Å². The molecule has 0 spiro atoms. The standard InChI is InChI=1S/C33H33ClO4/c1-3-4-10-23(2)11-8-19-37-32(35)25-15-17-27-28-18-16-26(22-30(28)31(34)29(27)21-25)33(36)38-20-9-14-24-12-6-5-7-13-24/h3-7,10,12-13,15-18,21-22,31H,8-9,11,14,19-20H2,1-2H3/b4-3-,23-10+. The second kappa shape index (κ2) is 13.3. The summed E-state index contributed by atoms with van der Waals surface area (Å²) >= 11 is 6.81. The van der Waals surface area contributed by atoms with Crippen molar-refractivity contribution in [1.82, 2.24) is 0 Å². The van der Waals surface area contributed by atoms with E-state index in [9.17, 15) is 9.59 Å². The van der Waals surface area contributed by atoms with Crippen molar-refractivity contribution in [3.8, 4) is 11.1 Å². The van der Waals surface area contributed by atoms with E-state index in [1.54, 1.807) is 24.3 Å². The molecular formula is C33H33ClO4. The Labute approximate surface area is 229 Å². The Balaban J connectivity index is 1.33. The van der Waals surface area contributed by atoms with Crippen molar-refractivity contribution in [2.75, 3.05) is 13.2 Å². The first-order chi connectivity index (χ1) is 18.5. The van der Waals surface area contributed by atoms with Gasteiger partial charge in [-0.05, 0) is 91.6 Å². The molecule has 3 aromatic carbocycles. The summed E-state index contributed by atoms with van der Waals surface area (Å²) in [5.41, 5.74) is 7.02. The van der Waals surface area contributed by atoms with Gasteiger partial charge in [0.25, 0.3) is 0 Å². The zero-order valence-corrected chi connectivity index (χ0v) is 22.7. The topological polar surface area (TPSA) is 52.6 Å². The molecule has 0 aromatic heterocycles. The molecule has 5 heteroatoms. The molecule has 0 aliphatic heterocycles. The number of benzene rings is 3. The van der Waals surface area contributed by atoms with Gasteiger partial charge in [0.2, 0.25) is 0 Å². The van der Waals surface area contributed by atoms with Crippen molar-refractivity contribution in [2.24, 2.45) is 0 Å². The molecule has 0 amide bonds. The Kier molecular flexibility index (Phi) is 9.56. The van der Waals surface area contributed by atoms with Crippen molar-refractivity contribution in [3.63, 3.8) is 0 Å². The van der Waals surface area contributed by atoms with Crippen molar-refractivity contribution in [2.45, 2.75) is 44.9 Å². The predicted molar refractivity (Wildman–Crippen MR) is 153 cm³/mol. The number of esters is 2. The third-order valence-corrected chi connectivity index (χ3v) is 7.09. The van der Waals surface area contributed by atoms with Crippen LogP contribution in [0.5, 0.6) is 0 Å². The summed E-state index contributed by atoms with van der Waals surface area (Å²) in [6.45, 7) is 4.76. The molecule has 0 bridgehead atoms. The molecule has 4 rings (SSSR count). The molecule has 0 radical (unpaired) electrons. The third kappa shape index (κ3) is 6.81. The molecule has 1 aliphatic rings. The van der Waals surface area contributed by atoms with Gasteiger partial charge in [0.1, 0.15) is 0 Å². The zero-order chi connectivity index (χ0) is 26.9. The van der Waals surface area contributed by atoms with Crippen LogP contribution in [0.25, 0.3) is 11.1 Å². The number of aryl methyl sites for hydroxylation is 1. The highest BCUT2D eigenvalue weighted by atomic mass is 35.5. The number of alkyl halides is 1. The molecule has 1 aliphatic carbocycles. The van der Waals surface area contributed by atoms with Crippen LogP contribution >= 0.6 is 11.6 Å². The second-order valence-electron chi connectivity index (χ2n) is 9.47. The third-order valence-electron chi connectivity index (χ3n) is 6.62. The largest absolute Gasteiger partial charge is 0.462 e. The lowest BCUT2D eigenvalue weighted by molar-refractivity contribution is 0.0491. The zero-order valence-electron chi connectivity index (χ0n) is 21.9. The lowest BCUT2D eigenvalue weighted by atomic mass is 10.0. The highest BCUT2D eigenvalue weighted by Gasteiger charge is 2.29. The van der Waals surface area contributed by atoms with Crippen LogP contribution in [0.1, 0.15) is 75.9 Å². The second-order valence-corrected chi connectivity index (χ2v) is 9.91. The summed E-state index contributed by atoms with van der Waals surface area (Å²) in [6, 6.07) is 21.1. The van der Waals surface area contributed by atoms with Crippen molar-refractivity contribution < 1.29 is 19.1 Å². The first-order valence-electron chi connectivity index (χ1n) is 13.1. The van der Waals surface area contributed by atoms with Crippen molar-refractivity contribution >= 4 is 23.5 Å². The van der Waals surface area contributed by atoms with Crippen LogP contribution < -0.4 is 0 Å². The molecule has 4 nitrogen and oxygen atoms in total. The van der Waals surface area contributed by atoms with E-state index in [0.29, 0.717) is 24.3 Å². The summed E-state index contributed by atoms with van der Waals surface area (Å²) in [5.74, 6) is -0.719.